The number of nitrogens with zero attached hydrogens (tertiary/aromatic N) is 1. The fourth-order valence-electron chi connectivity index (χ4n) is 1.22. The van der Waals surface area contributed by atoms with Crippen LogP contribution in [-0.2, 0) is 0 Å². The lowest BCUT2D eigenvalue weighted by molar-refractivity contribution is 0.0697. The van der Waals surface area contributed by atoms with Gasteiger partial charge in [0.15, 0.2) is 5.16 Å². The summed E-state index contributed by atoms with van der Waals surface area (Å²) < 4.78 is 0. The predicted octanol–water partition coefficient (Wildman–Crippen LogP) is 1.98. The number of H-pyrrole nitrogens is 1. The summed E-state index contributed by atoms with van der Waals surface area (Å²) in [7, 11) is 0. The highest BCUT2D eigenvalue weighted by atomic mass is 32.2. The zero-order chi connectivity index (χ0) is 10.1. The number of benzene rings is 1. The summed E-state index contributed by atoms with van der Waals surface area (Å²) in [5.41, 5.74) is 1.82. The summed E-state index contributed by atoms with van der Waals surface area (Å²) in [5, 5.41) is 9.56. The number of hydrogen-bond acceptors (Lipinski definition) is 3. The minimum absolute atomic E-state index is 0.272. The lowest BCUT2D eigenvalue weighted by Gasteiger charge is -1.92. The molecule has 0 saturated carbocycles. The summed E-state index contributed by atoms with van der Waals surface area (Å²) >= 11 is 1.49. The number of hydrogen-bond donors (Lipinski definition) is 2. The maximum atomic E-state index is 10.7. The van der Waals surface area contributed by atoms with Gasteiger partial charge in [0.25, 0.3) is 0 Å². The summed E-state index contributed by atoms with van der Waals surface area (Å²) in [5.74, 6) is -0.924. The van der Waals surface area contributed by atoms with E-state index < -0.39 is 5.97 Å². The molecule has 0 spiro atoms. The monoisotopic (exact) mass is 208 g/mol. The Bertz CT molecular complexity index is 493. The molecule has 0 saturated heterocycles. The number of aromatic amines is 1. The number of aromatic nitrogens is 2. The van der Waals surface area contributed by atoms with Crippen LogP contribution in [0.2, 0.25) is 0 Å². The van der Waals surface area contributed by atoms with E-state index in [1.807, 2.05) is 6.26 Å². The van der Waals surface area contributed by atoms with Crippen LogP contribution in [0.25, 0.3) is 11.0 Å². The second-order valence-electron chi connectivity index (χ2n) is 2.78. The van der Waals surface area contributed by atoms with Crippen LogP contribution in [0.3, 0.4) is 0 Å². The van der Waals surface area contributed by atoms with Crippen molar-refractivity contribution in [2.75, 3.05) is 6.26 Å². The number of imidazole rings is 1. The second-order valence-corrected chi connectivity index (χ2v) is 3.58. The molecule has 0 radical (unpaired) electrons. The molecule has 0 aliphatic rings. The van der Waals surface area contributed by atoms with E-state index in [-0.39, 0.29) is 5.56 Å². The molecule has 2 N–H and O–H groups in total. The van der Waals surface area contributed by atoms with Crippen LogP contribution in [0.5, 0.6) is 0 Å². The Morgan fingerprint density at radius 2 is 2.36 bits per heavy atom. The minimum Gasteiger partial charge on any atom is -0.478 e. The molecular weight excluding hydrogens is 200 g/mol. The van der Waals surface area contributed by atoms with E-state index in [1.165, 1.54) is 11.8 Å². The van der Waals surface area contributed by atoms with E-state index in [0.717, 1.165) is 16.2 Å². The van der Waals surface area contributed by atoms with Gasteiger partial charge in [-0.05, 0) is 24.5 Å². The quantitative estimate of drug-likeness (QED) is 0.740. The molecule has 2 aromatic rings. The molecule has 0 atom stereocenters. The standard InChI is InChI=1S/C9H8N2O2S/c1-14-9-10-6-3-2-5(8(12)13)4-7(6)11-9/h2-4H,1H3,(H,10,11)(H,12,13). The van der Waals surface area contributed by atoms with Gasteiger partial charge in [0.2, 0.25) is 0 Å². The van der Waals surface area contributed by atoms with Crippen LogP contribution >= 0.6 is 11.8 Å². The van der Waals surface area contributed by atoms with Crippen LogP contribution in [0, 0.1) is 0 Å². The Kier molecular flexibility index (Phi) is 2.17. The van der Waals surface area contributed by atoms with E-state index >= 15 is 0 Å². The molecule has 0 aliphatic carbocycles. The maximum Gasteiger partial charge on any atom is 0.335 e. The molecule has 2 rings (SSSR count). The Labute approximate surface area is 84.4 Å². The molecule has 4 nitrogen and oxygen atoms in total. The predicted molar refractivity (Wildman–Crippen MR) is 54.8 cm³/mol. The van der Waals surface area contributed by atoms with Crippen LogP contribution in [0.15, 0.2) is 23.4 Å². The first-order valence-corrected chi connectivity index (χ1v) is 5.20. The van der Waals surface area contributed by atoms with Crippen molar-refractivity contribution in [3.05, 3.63) is 23.8 Å². The van der Waals surface area contributed by atoms with Gasteiger partial charge in [0.05, 0.1) is 16.6 Å². The lowest BCUT2D eigenvalue weighted by atomic mass is 10.2. The molecule has 0 amide bonds. The first-order chi connectivity index (χ1) is 6.70. The zero-order valence-electron chi connectivity index (χ0n) is 7.44. The highest BCUT2D eigenvalue weighted by Gasteiger charge is 2.06. The van der Waals surface area contributed by atoms with Crippen LogP contribution in [-0.4, -0.2) is 27.3 Å². The Morgan fingerprint density at radius 1 is 1.57 bits per heavy atom. The molecule has 72 valence electrons. The van der Waals surface area contributed by atoms with Gasteiger partial charge in [0.1, 0.15) is 0 Å². The highest BCUT2D eigenvalue weighted by molar-refractivity contribution is 7.98. The number of nitrogens with one attached hydrogen (secondary N) is 1. The number of fused-ring (bicyclic) bond motifs is 1. The van der Waals surface area contributed by atoms with Gasteiger partial charge < -0.3 is 10.1 Å². The van der Waals surface area contributed by atoms with E-state index in [2.05, 4.69) is 9.97 Å². The maximum absolute atomic E-state index is 10.7. The van der Waals surface area contributed by atoms with E-state index in [0.29, 0.717) is 0 Å². The molecule has 1 heterocycles. The fraction of sp³-hybridized carbons (Fsp3) is 0.111. The molecule has 0 aliphatic heterocycles. The molecule has 5 heteroatoms. The molecule has 1 aromatic heterocycles. The largest absolute Gasteiger partial charge is 0.478 e. The van der Waals surface area contributed by atoms with E-state index in [4.69, 9.17) is 5.11 Å². The topological polar surface area (TPSA) is 66.0 Å². The third-order valence-electron chi connectivity index (χ3n) is 1.90. The first kappa shape index (κ1) is 9.08. The number of rotatable bonds is 2. The SMILES string of the molecule is CSc1nc2ccc(C(=O)O)cc2[nH]1. The molecule has 0 fully saturated rings. The van der Waals surface area contributed by atoms with E-state index in [9.17, 15) is 4.79 Å². The fourth-order valence-corrected chi connectivity index (χ4v) is 1.62. The number of carbonyl (C=O) groups is 1. The van der Waals surface area contributed by atoms with Gasteiger partial charge in [-0.25, -0.2) is 9.78 Å². The van der Waals surface area contributed by atoms with Crippen molar-refractivity contribution in [2.45, 2.75) is 5.16 Å². The number of carboxylic acid groups (broad SMARTS) is 1. The van der Waals surface area contributed by atoms with Crippen molar-refractivity contribution in [3.63, 3.8) is 0 Å². The Hall–Kier alpha value is -1.49. The van der Waals surface area contributed by atoms with Gasteiger partial charge >= 0.3 is 5.97 Å². The second kappa shape index (κ2) is 3.34. The van der Waals surface area contributed by atoms with Crippen molar-refractivity contribution in [1.29, 1.82) is 0 Å². The first-order valence-electron chi connectivity index (χ1n) is 3.98. The Morgan fingerprint density at radius 3 is 3.00 bits per heavy atom. The van der Waals surface area contributed by atoms with Gasteiger partial charge in [-0.1, -0.05) is 11.8 Å². The Balaban J connectivity index is 2.59. The van der Waals surface area contributed by atoms with E-state index in [1.54, 1.807) is 18.2 Å². The average Bonchev–Trinajstić information content (AvgIpc) is 2.58. The van der Waals surface area contributed by atoms with Crippen LogP contribution < -0.4 is 0 Å². The molecule has 0 bridgehead atoms. The van der Waals surface area contributed by atoms with Crippen molar-refractivity contribution in [1.82, 2.24) is 9.97 Å². The van der Waals surface area contributed by atoms with Gasteiger partial charge in [-0.3, -0.25) is 0 Å². The summed E-state index contributed by atoms with van der Waals surface area (Å²) in [6, 6.07) is 4.84. The summed E-state index contributed by atoms with van der Waals surface area (Å²) in [4.78, 5) is 18.0. The molecular formula is C9H8N2O2S. The molecule has 1 aromatic carbocycles. The summed E-state index contributed by atoms with van der Waals surface area (Å²) in [6.07, 6.45) is 1.91. The van der Waals surface area contributed by atoms with Crippen molar-refractivity contribution in [3.8, 4) is 0 Å². The van der Waals surface area contributed by atoms with Crippen molar-refractivity contribution < 1.29 is 9.90 Å². The molecule has 0 unspecified atom stereocenters. The van der Waals surface area contributed by atoms with Gasteiger partial charge in [0, 0.05) is 0 Å². The highest BCUT2D eigenvalue weighted by Crippen LogP contribution is 2.18. The number of carboxylic acids is 1. The number of thioether (sulfide) groups is 1. The molecule has 14 heavy (non-hydrogen) atoms. The third kappa shape index (κ3) is 1.46. The normalized spacial score (nSPS) is 10.6. The van der Waals surface area contributed by atoms with Crippen LogP contribution in [0.4, 0.5) is 0 Å². The minimum atomic E-state index is -0.924. The number of aromatic carboxylic acids is 1. The van der Waals surface area contributed by atoms with Crippen molar-refractivity contribution in [2.24, 2.45) is 0 Å². The summed E-state index contributed by atoms with van der Waals surface area (Å²) in [6.45, 7) is 0. The zero-order valence-corrected chi connectivity index (χ0v) is 8.26. The lowest BCUT2D eigenvalue weighted by Crippen LogP contribution is -1.94. The third-order valence-corrected chi connectivity index (χ3v) is 2.48. The van der Waals surface area contributed by atoms with Crippen molar-refractivity contribution >= 4 is 28.8 Å². The smallest absolute Gasteiger partial charge is 0.335 e. The van der Waals surface area contributed by atoms with Gasteiger partial charge in [-0.15, -0.1) is 0 Å². The average molecular weight is 208 g/mol. The van der Waals surface area contributed by atoms with Crippen LogP contribution in [0.1, 0.15) is 10.4 Å². The van der Waals surface area contributed by atoms with Gasteiger partial charge in [-0.2, -0.15) is 0 Å².